The van der Waals surface area contributed by atoms with Gasteiger partial charge in [0.2, 0.25) is 5.95 Å². The van der Waals surface area contributed by atoms with Crippen molar-refractivity contribution in [3.63, 3.8) is 0 Å². The topological polar surface area (TPSA) is 144 Å². The van der Waals surface area contributed by atoms with Gasteiger partial charge >= 0.3 is 7.12 Å². The molecule has 4 N–H and O–H groups in total. The summed E-state index contributed by atoms with van der Waals surface area (Å²) in [4.78, 5) is 19.2. The number of hydrazone groups is 1. The van der Waals surface area contributed by atoms with Gasteiger partial charge in [0.05, 0.1) is 18.0 Å². The molecule has 0 unspecified atom stereocenters. The number of aromatic nitrogens is 2. The lowest BCUT2D eigenvalue weighted by atomic mass is 9.77. The van der Waals surface area contributed by atoms with E-state index in [0.717, 1.165) is 5.56 Å². The molecule has 0 amide bonds. The molecule has 0 fully saturated rings. The van der Waals surface area contributed by atoms with E-state index in [2.05, 4.69) is 20.5 Å². The minimum absolute atomic E-state index is 0.0468. The highest BCUT2D eigenvalue weighted by molar-refractivity contribution is 6.60. The van der Waals surface area contributed by atoms with Crippen LogP contribution in [0, 0.1) is 18.3 Å². The zero-order chi connectivity index (χ0) is 23.3. The summed E-state index contributed by atoms with van der Waals surface area (Å²) in [5.41, 5.74) is 4.33. The van der Waals surface area contributed by atoms with Crippen LogP contribution >= 0.6 is 0 Å². The molecule has 0 radical (unpaired) electrons. The Morgan fingerprint density at radius 2 is 2.00 bits per heavy atom. The van der Waals surface area contributed by atoms with Gasteiger partial charge in [-0.2, -0.15) is 10.4 Å². The predicted molar refractivity (Wildman–Crippen MR) is 123 cm³/mol. The molecule has 10 heteroatoms. The van der Waals surface area contributed by atoms with Crippen LogP contribution in [0.5, 0.6) is 5.75 Å². The number of anilines is 1. The summed E-state index contributed by atoms with van der Waals surface area (Å²) in [6.45, 7) is 5.45. The summed E-state index contributed by atoms with van der Waals surface area (Å²) in [7, 11) is -1.71. The minimum atomic E-state index is -1.71. The van der Waals surface area contributed by atoms with Crippen molar-refractivity contribution in [3.8, 4) is 23.1 Å². The van der Waals surface area contributed by atoms with Gasteiger partial charge in [-0.3, -0.25) is 9.78 Å². The zero-order valence-corrected chi connectivity index (χ0v) is 17.8. The molecule has 1 aromatic heterocycles. The maximum atomic E-state index is 12.4. The van der Waals surface area contributed by atoms with Crippen molar-refractivity contribution in [2.45, 2.75) is 26.9 Å². The highest BCUT2D eigenvalue weighted by Gasteiger charge is 2.21. The van der Waals surface area contributed by atoms with E-state index in [1.165, 1.54) is 6.21 Å². The van der Waals surface area contributed by atoms with Gasteiger partial charge < -0.3 is 14.8 Å². The van der Waals surface area contributed by atoms with Crippen LogP contribution in [0.4, 0.5) is 5.95 Å². The molecule has 0 saturated carbocycles. The highest BCUT2D eigenvalue weighted by atomic mass is 16.5. The summed E-state index contributed by atoms with van der Waals surface area (Å²) in [6, 6.07) is 14.2. The lowest BCUT2D eigenvalue weighted by molar-refractivity contribution is 0.243. The van der Waals surface area contributed by atoms with Crippen LogP contribution in [-0.4, -0.2) is 39.5 Å². The van der Waals surface area contributed by atoms with Crippen molar-refractivity contribution < 1.29 is 14.8 Å². The number of rotatable bonds is 7. The number of H-pyrrole nitrogens is 1. The smallest absolute Gasteiger partial charge is 0.491 e. The largest absolute Gasteiger partial charge is 0.492 e. The third kappa shape index (κ3) is 5.21. The van der Waals surface area contributed by atoms with Gasteiger partial charge in [-0.1, -0.05) is 42.0 Å². The average Bonchev–Trinajstić information content (AvgIpc) is 2.75. The van der Waals surface area contributed by atoms with Gasteiger partial charge in [0.25, 0.3) is 5.56 Å². The maximum absolute atomic E-state index is 12.4. The van der Waals surface area contributed by atoms with Crippen LogP contribution in [0.2, 0.25) is 0 Å². The third-order valence-corrected chi connectivity index (χ3v) is 4.37. The number of hydrogen-bond donors (Lipinski definition) is 4. The summed E-state index contributed by atoms with van der Waals surface area (Å²) >= 11 is 0. The molecule has 0 aliphatic carbocycles. The minimum Gasteiger partial charge on any atom is -0.491 e. The van der Waals surface area contributed by atoms with E-state index < -0.39 is 12.7 Å². The Morgan fingerprint density at radius 3 is 2.62 bits per heavy atom. The Morgan fingerprint density at radius 1 is 1.28 bits per heavy atom. The first-order chi connectivity index (χ1) is 15.3. The summed E-state index contributed by atoms with van der Waals surface area (Å²) < 4.78 is 5.77. The van der Waals surface area contributed by atoms with E-state index in [1.807, 2.05) is 32.9 Å². The first-order valence-corrected chi connectivity index (χ1v) is 9.86. The highest BCUT2D eigenvalue weighted by Crippen LogP contribution is 2.20. The number of benzene rings is 2. The number of hydrogen-bond acceptors (Lipinski definition) is 8. The van der Waals surface area contributed by atoms with Crippen molar-refractivity contribution in [3.05, 3.63) is 69.5 Å². The normalized spacial score (nSPS) is 10.9. The number of aromatic amines is 1. The van der Waals surface area contributed by atoms with Gasteiger partial charge in [-0.15, -0.1) is 0 Å². The van der Waals surface area contributed by atoms with E-state index in [9.17, 15) is 20.1 Å². The van der Waals surface area contributed by atoms with Crippen LogP contribution in [0.15, 0.2) is 52.4 Å². The Bertz CT molecular complexity index is 1230. The second-order valence-electron chi connectivity index (χ2n) is 7.30. The molecule has 0 atom stereocenters. The fourth-order valence-electron chi connectivity index (χ4n) is 3.09. The summed E-state index contributed by atoms with van der Waals surface area (Å²) in [6.07, 6.45) is 1.22. The van der Waals surface area contributed by atoms with Crippen LogP contribution in [0.1, 0.15) is 30.5 Å². The average molecular weight is 431 g/mol. The number of ether oxygens (including phenoxy) is 1. The van der Waals surface area contributed by atoms with E-state index in [4.69, 9.17) is 4.74 Å². The molecule has 32 heavy (non-hydrogen) atoms. The third-order valence-electron chi connectivity index (χ3n) is 4.37. The number of nitrogens with zero attached hydrogens (tertiary/aromatic N) is 3. The molecular formula is C22H22BN5O4. The Kier molecular flexibility index (Phi) is 7.05. The fraction of sp³-hybridized carbons (Fsp3) is 0.182. The monoisotopic (exact) mass is 431 g/mol. The summed E-state index contributed by atoms with van der Waals surface area (Å²) in [5.74, 6) is 0.336. The molecule has 0 saturated heterocycles. The van der Waals surface area contributed by atoms with Gasteiger partial charge in [0.1, 0.15) is 17.4 Å². The molecule has 0 spiro atoms. The first-order valence-electron chi connectivity index (χ1n) is 9.86. The quantitative estimate of drug-likeness (QED) is 0.252. The lowest BCUT2D eigenvalue weighted by Crippen LogP contribution is -2.33. The van der Waals surface area contributed by atoms with Crippen LogP contribution in [-0.2, 0) is 0 Å². The van der Waals surface area contributed by atoms with Crippen LogP contribution < -0.4 is 21.2 Å². The van der Waals surface area contributed by atoms with Crippen molar-refractivity contribution >= 4 is 24.7 Å². The van der Waals surface area contributed by atoms with E-state index in [0.29, 0.717) is 11.1 Å². The molecule has 0 aliphatic rings. The van der Waals surface area contributed by atoms with Gasteiger partial charge in [-0.25, -0.2) is 10.4 Å². The Balaban J connectivity index is 1.97. The van der Waals surface area contributed by atoms with Crippen molar-refractivity contribution in [2.24, 2.45) is 5.10 Å². The predicted octanol–water partition coefficient (Wildman–Crippen LogP) is 1.53. The summed E-state index contributed by atoms with van der Waals surface area (Å²) in [5, 5.41) is 32.9. The van der Waals surface area contributed by atoms with E-state index >= 15 is 0 Å². The fourth-order valence-corrected chi connectivity index (χ4v) is 3.09. The lowest BCUT2D eigenvalue weighted by Gasteiger charge is -2.17. The molecule has 2 aromatic carbocycles. The molecule has 0 aliphatic heterocycles. The van der Waals surface area contributed by atoms with Crippen molar-refractivity contribution in [2.75, 3.05) is 5.43 Å². The van der Waals surface area contributed by atoms with Crippen LogP contribution in [0.25, 0.3) is 11.3 Å². The van der Waals surface area contributed by atoms with E-state index in [1.54, 1.807) is 36.4 Å². The number of nitriles is 1. The first kappa shape index (κ1) is 22.7. The van der Waals surface area contributed by atoms with Crippen molar-refractivity contribution in [1.29, 1.82) is 5.26 Å². The SMILES string of the molecule is Cc1cc(C=NNc2nc(-c3ccccc3)c(C#N)c(=O)[nH]2)c(OC(C)C)c(B(O)O)c1. The Hall–Kier alpha value is -3.94. The molecule has 3 aromatic rings. The molecule has 1 heterocycles. The second-order valence-corrected chi connectivity index (χ2v) is 7.30. The second kappa shape index (κ2) is 9.91. The molecule has 3 rings (SSSR count). The molecular weight excluding hydrogens is 409 g/mol. The van der Waals surface area contributed by atoms with Gasteiger partial charge in [-0.05, 0) is 26.8 Å². The zero-order valence-electron chi connectivity index (χ0n) is 17.8. The maximum Gasteiger partial charge on any atom is 0.492 e. The van der Waals surface area contributed by atoms with Gasteiger partial charge in [0.15, 0.2) is 0 Å². The molecule has 162 valence electrons. The van der Waals surface area contributed by atoms with Crippen molar-refractivity contribution in [1.82, 2.24) is 9.97 Å². The number of aryl methyl sites for hydroxylation is 1. The molecule has 9 nitrogen and oxygen atoms in total. The molecule has 0 bridgehead atoms. The van der Waals surface area contributed by atoms with Crippen LogP contribution in [0.3, 0.4) is 0 Å². The standard InChI is InChI=1S/C22H22BN5O4/c1-13(2)32-20-16(9-14(3)10-18(20)23(30)31)12-25-28-22-26-19(15-7-5-4-6-8-15)17(11-24)21(29)27-22/h4-10,12-13,30-31H,1-3H3,(H2,26,27,28,29). The van der Waals surface area contributed by atoms with Gasteiger partial charge in [0, 0.05) is 16.6 Å². The van der Waals surface area contributed by atoms with E-state index in [-0.39, 0.29) is 34.5 Å². The number of nitrogens with one attached hydrogen (secondary N) is 2. The Labute approximate surface area is 185 Å².